The largest absolute Gasteiger partial charge is 0.417 e. The quantitative estimate of drug-likeness (QED) is 0.838. The monoisotopic (exact) mass is 339 g/mol. The molecule has 1 aromatic heterocycles. The van der Waals surface area contributed by atoms with E-state index in [1.54, 1.807) is 4.90 Å². The molecule has 1 fully saturated rings. The van der Waals surface area contributed by atoms with E-state index >= 15 is 0 Å². The second-order valence-corrected chi connectivity index (χ2v) is 7.26. The van der Waals surface area contributed by atoms with Crippen LogP contribution in [0.4, 0.5) is 0 Å². The minimum absolute atomic E-state index is 0.0613. The molecule has 1 aromatic carbocycles. The fourth-order valence-corrected chi connectivity index (χ4v) is 3.87. The lowest BCUT2D eigenvalue weighted by molar-refractivity contribution is -0.131. The Morgan fingerprint density at radius 2 is 2.04 bits per heavy atom. The fourth-order valence-electron chi connectivity index (χ4n) is 2.66. The van der Waals surface area contributed by atoms with Gasteiger partial charge in [0.25, 0.3) is 0 Å². The summed E-state index contributed by atoms with van der Waals surface area (Å²) in [6.45, 7) is 2.84. The van der Waals surface area contributed by atoms with E-state index in [2.05, 4.69) is 9.71 Å². The number of aromatic nitrogens is 1. The molecule has 23 heavy (non-hydrogen) atoms. The summed E-state index contributed by atoms with van der Waals surface area (Å²) in [5, 5.41) is 0. The minimum Gasteiger partial charge on any atom is -0.408 e. The molecule has 0 unspecified atom stereocenters. The van der Waals surface area contributed by atoms with Gasteiger partial charge in [0, 0.05) is 19.2 Å². The van der Waals surface area contributed by atoms with E-state index in [-0.39, 0.29) is 16.4 Å². The van der Waals surface area contributed by atoms with Gasteiger partial charge in [-0.3, -0.25) is 9.78 Å². The average molecular weight is 339 g/mol. The summed E-state index contributed by atoms with van der Waals surface area (Å²) in [4.78, 5) is 27.4. The third-order valence-corrected chi connectivity index (χ3v) is 5.36. The molecule has 124 valence electrons. The Morgan fingerprint density at radius 3 is 2.74 bits per heavy atom. The smallest absolute Gasteiger partial charge is 0.408 e. The molecular weight excluding hydrogens is 322 g/mol. The van der Waals surface area contributed by atoms with Crippen molar-refractivity contribution in [3.05, 3.63) is 28.7 Å². The zero-order valence-electron chi connectivity index (χ0n) is 12.5. The van der Waals surface area contributed by atoms with Crippen molar-refractivity contribution in [2.75, 3.05) is 13.1 Å². The number of carbonyl (C=O) groups excluding carboxylic acids is 1. The number of hydrogen-bond donors (Lipinski definition) is 2. The molecule has 0 bridgehead atoms. The summed E-state index contributed by atoms with van der Waals surface area (Å²) in [5.41, 5.74) is 0.562. The van der Waals surface area contributed by atoms with E-state index in [1.807, 2.05) is 0 Å². The Kier molecular flexibility index (Phi) is 3.99. The molecule has 2 heterocycles. The molecule has 1 saturated heterocycles. The summed E-state index contributed by atoms with van der Waals surface area (Å²) < 4.78 is 32.0. The Hall–Kier alpha value is -2.13. The second-order valence-electron chi connectivity index (χ2n) is 5.55. The first-order valence-electron chi connectivity index (χ1n) is 7.31. The van der Waals surface area contributed by atoms with Gasteiger partial charge >= 0.3 is 5.76 Å². The Bertz CT molecular complexity index is 893. The molecule has 1 aliphatic heterocycles. The Morgan fingerprint density at radius 1 is 1.35 bits per heavy atom. The van der Waals surface area contributed by atoms with Crippen molar-refractivity contribution < 1.29 is 17.6 Å². The average Bonchev–Trinajstić information content (AvgIpc) is 3.13. The predicted molar refractivity (Wildman–Crippen MR) is 82.4 cm³/mol. The van der Waals surface area contributed by atoms with Crippen LogP contribution in [-0.4, -0.2) is 43.3 Å². The predicted octanol–water partition coefficient (Wildman–Crippen LogP) is 0.410. The lowest BCUT2D eigenvalue weighted by Gasteiger charge is -2.21. The molecule has 0 radical (unpaired) electrons. The third kappa shape index (κ3) is 3.15. The van der Waals surface area contributed by atoms with Crippen molar-refractivity contribution in [1.82, 2.24) is 14.6 Å². The fraction of sp³-hybridized carbons (Fsp3) is 0.429. The lowest BCUT2D eigenvalue weighted by atomic mass is 10.3. The van der Waals surface area contributed by atoms with E-state index in [0.717, 1.165) is 12.8 Å². The number of oxazole rings is 1. The van der Waals surface area contributed by atoms with E-state index in [1.165, 1.54) is 25.1 Å². The van der Waals surface area contributed by atoms with Crippen molar-refractivity contribution in [3.8, 4) is 0 Å². The maximum absolute atomic E-state index is 12.4. The number of H-pyrrole nitrogens is 1. The van der Waals surface area contributed by atoms with Crippen LogP contribution < -0.4 is 10.5 Å². The van der Waals surface area contributed by atoms with Crippen LogP contribution >= 0.6 is 0 Å². The van der Waals surface area contributed by atoms with Crippen molar-refractivity contribution in [1.29, 1.82) is 0 Å². The van der Waals surface area contributed by atoms with E-state index in [0.29, 0.717) is 18.6 Å². The summed E-state index contributed by atoms with van der Waals surface area (Å²) in [7, 11) is -3.89. The normalized spacial score (nSPS) is 16.8. The summed E-state index contributed by atoms with van der Waals surface area (Å²) in [5.74, 6) is -0.889. The highest BCUT2D eigenvalue weighted by Gasteiger charge is 2.27. The van der Waals surface area contributed by atoms with E-state index in [4.69, 9.17) is 4.42 Å². The van der Waals surface area contributed by atoms with Gasteiger partial charge in [-0.05, 0) is 31.9 Å². The Balaban J connectivity index is 1.81. The molecule has 2 aromatic rings. The molecule has 1 amide bonds. The van der Waals surface area contributed by atoms with Crippen LogP contribution in [-0.2, 0) is 14.8 Å². The number of rotatable bonds is 4. The number of nitrogens with zero attached hydrogens (tertiary/aromatic N) is 1. The molecular formula is C14H17N3O5S. The first-order chi connectivity index (χ1) is 10.9. The van der Waals surface area contributed by atoms with Crippen molar-refractivity contribution in [2.24, 2.45) is 0 Å². The number of benzene rings is 1. The van der Waals surface area contributed by atoms with Gasteiger partial charge in [0.05, 0.1) is 16.5 Å². The zero-order chi connectivity index (χ0) is 16.6. The number of carbonyl (C=O) groups is 1. The third-order valence-electron chi connectivity index (χ3n) is 3.82. The van der Waals surface area contributed by atoms with Crippen molar-refractivity contribution in [2.45, 2.75) is 30.7 Å². The molecule has 1 atom stereocenters. The van der Waals surface area contributed by atoms with Crippen LogP contribution in [0.25, 0.3) is 11.1 Å². The number of sulfonamides is 1. The summed E-state index contributed by atoms with van der Waals surface area (Å²) in [6.07, 6.45) is 1.88. The zero-order valence-corrected chi connectivity index (χ0v) is 13.4. The van der Waals surface area contributed by atoms with E-state index < -0.39 is 21.8 Å². The molecule has 9 heteroatoms. The van der Waals surface area contributed by atoms with Crippen molar-refractivity contribution in [3.63, 3.8) is 0 Å². The number of nitrogens with one attached hydrogen (secondary N) is 2. The number of fused-ring (bicyclic) bond motifs is 1. The molecule has 8 nitrogen and oxygen atoms in total. The van der Waals surface area contributed by atoms with Gasteiger partial charge < -0.3 is 9.32 Å². The Labute approximate surface area is 132 Å². The van der Waals surface area contributed by atoms with Crippen LogP contribution in [0.5, 0.6) is 0 Å². The van der Waals surface area contributed by atoms with Crippen LogP contribution in [0, 0.1) is 0 Å². The molecule has 0 saturated carbocycles. The number of amides is 1. The molecule has 2 N–H and O–H groups in total. The van der Waals surface area contributed by atoms with Crippen LogP contribution in [0.2, 0.25) is 0 Å². The van der Waals surface area contributed by atoms with Crippen LogP contribution in [0.1, 0.15) is 19.8 Å². The van der Waals surface area contributed by atoms with Crippen LogP contribution in [0.15, 0.2) is 32.3 Å². The van der Waals surface area contributed by atoms with Gasteiger partial charge in [-0.1, -0.05) is 0 Å². The van der Waals surface area contributed by atoms with E-state index in [9.17, 15) is 18.0 Å². The maximum atomic E-state index is 12.4. The highest BCUT2D eigenvalue weighted by Crippen LogP contribution is 2.17. The van der Waals surface area contributed by atoms with Gasteiger partial charge in [-0.25, -0.2) is 13.2 Å². The summed E-state index contributed by atoms with van der Waals surface area (Å²) >= 11 is 0. The second kappa shape index (κ2) is 5.82. The molecule has 0 spiro atoms. The SMILES string of the molecule is C[C@H](NS(=O)(=O)c1ccc2[nH]c(=O)oc2c1)C(=O)N1CCCC1. The van der Waals surface area contributed by atoms with Gasteiger partial charge in [0.15, 0.2) is 5.58 Å². The lowest BCUT2D eigenvalue weighted by Crippen LogP contribution is -2.45. The molecule has 3 rings (SSSR count). The van der Waals surface area contributed by atoms with Gasteiger partial charge in [0.1, 0.15) is 0 Å². The van der Waals surface area contributed by atoms with Crippen molar-refractivity contribution >= 4 is 27.0 Å². The molecule has 1 aliphatic rings. The number of hydrogen-bond acceptors (Lipinski definition) is 5. The first-order valence-corrected chi connectivity index (χ1v) is 8.79. The van der Waals surface area contributed by atoms with Gasteiger partial charge in [0.2, 0.25) is 15.9 Å². The highest BCUT2D eigenvalue weighted by atomic mass is 32.2. The maximum Gasteiger partial charge on any atom is 0.417 e. The van der Waals surface area contributed by atoms with Gasteiger partial charge in [-0.15, -0.1) is 0 Å². The van der Waals surface area contributed by atoms with Gasteiger partial charge in [-0.2, -0.15) is 4.72 Å². The first kappa shape index (κ1) is 15.8. The standard InChI is InChI=1S/C14H17N3O5S/c1-9(13(18)17-6-2-3-7-17)16-23(20,21)10-4-5-11-12(8-10)22-14(19)15-11/h4-5,8-9,16H,2-3,6-7H2,1H3,(H,15,19)/t9-/m0/s1. The minimum atomic E-state index is -3.89. The molecule has 0 aliphatic carbocycles. The topological polar surface area (TPSA) is 112 Å². The highest BCUT2D eigenvalue weighted by molar-refractivity contribution is 7.89. The summed E-state index contributed by atoms with van der Waals surface area (Å²) in [6, 6.07) is 3.19. The number of aromatic amines is 1. The van der Waals surface area contributed by atoms with Crippen LogP contribution in [0.3, 0.4) is 0 Å². The number of likely N-dealkylation sites (tertiary alicyclic amines) is 1.